The lowest BCUT2D eigenvalue weighted by molar-refractivity contribution is 0.211. The number of benzene rings is 3. The van der Waals surface area contributed by atoms with Crippen molar-refractivity contribution in [2.24, 2.45) is 0 Å². The largest absolute Gasteiger partial charge is 0.490 e. The van der Waals surface area contributed by atoms with E-state index in [9.17, 15) is 0 Å². The van der Waals surface area contributed by atoms with Crippen molar-refractivity contribution in [3.63, 3.8) is 0 Å². The van der Waals surface area contributed by atoms with E-state index in [2.05, 4.69) is 15.0 Å². The zero-order valence-corrected chi connectivity index (χ0v) is 18.6. The molecule has 3 aromatic carbocycles. The average Bonchev–Trinajstić information content (AvgIpc) is 3.42. The second-order valence-corrected chi connectivity index (χ2v) is 7.69. The van der Waals surface area contributed by atoms with Crippen LogP contribution in [0.1, 0.15) is 11.4 Å². The Kier molecular flexibility index (Phi) is 6.57. The van der Waals surface area contributed by atoms with Crippen molar-refractivity contribution in [1.82, 2.24) is 19.9 Å². The molecule has 0 aliphatic heterocycles. The monoisotopic (exact) mass is 448 g/mol. The molecule has 0 saturated heterocycles. The molecule has 0 fully saturated rings. The minimum atomic E-state index is 0.363. The van der Waals surface area contributed by atoms with E-state index >= 15 is 0 Å². The molecule has 2 heterocycles. The maximum Gasteiger partial charge on any atom is 0.233 e. The first-order valence-electron chi connectivity index (χ1n) is 11.2. The van der Waals surface area contributed by atoms with Crippen LogP contribution in [0, 0.1) is 0 Å². The molecule has 5 aromatic rings. The van der Waals surface area contributed by atoms with Gasteiger partial charge in [-0.05, 0) is 17.7 Å². The van der Waals surface area contributed by atoms with Crippen LogP contribution >= 0.6 is 0 Å². The van der Waals surface area contributed by atoms with E-state index in [1.165, 1.54) is 5.56 Å². The highest BCUT2D eigenvalue weighted by molar-refractivity contribution is 5.77. The molecule has 5 rings (SSSR count). The molecule has 2 aromatic heterocycles. The van der Waals surface area contributed by atoms with E-state index < -0.39 is 0 Å². The second-order valence-electron chi connectivity index (χ2n) is 7.69. The number of aromatic nitrogens is 4. The first kappa shape index (κ1) is 21.4. The summed E-state index contributed by atoms with van der Waals surface area (Å²) in [4.78, 5) is 16.8. The molecule has 0 saturated carbocycles. The molecule has 6 nitrogen and oxygen atoms in total. The molecule has 0 aliphatic carbocycles. The quantitative estimate of drug-likeness (QED) is 0.298. The van der Waals surface area contributed by atoms with Crippen LogP contribution in [0.2, 0.25) is 0 Å². The molecule has 6 heteroatoms. The normalized spacial score (nSPS) is 10.7. The van der Waals surface area contributed by atoms with Crippen LogP contribution in [-0.2, 0) is 6.42 Å². The molecule has 0 amide bonds. The summed E-state index contributed by atoms with van der Waals surface area (Å²) in [5, 5.41) is 0. The highest BCUT2D eigenvalue weighted by Gasteiger charge is 2.12. The third-order valence-corrected chi connectivity index (χ3v) is 5.30. The highest BCUT2D eigenvalue weighted by atomic mass is 16.5. The summed E-state index contributed by atoms with van der Waals surface area (Å²) in [6.45, 7) is 0.766. The van der Waals surface area contributed by atoms with Gasteiger partial charge in [0.25, 0.3) is 0 Å². The predicted octanol–water partition coefficient (Wildman–Crippen LogP) is 5.58. The van der Waals surface area contributed by atoms with Crippen molar-refractivity contribution in [2.75, 3.05) is 13.2 Å². The van der Waals surface area contributed by atoms with Gasteiger partial charge in [-0.25, -0.2) is 15.0 Å². The number of hydrogen-bond acceptors (Lipinski definition) is 5. The fraction of sp³-hybridized carbons (Fsp3) is 0.107. The molecule has 168 valence electrons. The molecule has 0 unspecified atom stereocenters. The molecular formula is C28H24N4O2. The van der Waals surface area contributed by atoms with Crippen molar-refractivity contribution < 1.29 is 9.47 Å². The Balaban J connectivity index is 1.22. The van der Waals surface area contributed by atoms with Crippen molar-refractivity contribution in [3.05, 3.63) is 115 Å². The summed E-state index contributed by atoms with van der Waals surface area (Å²) in [5.41, 5.74) is 4.78. The maximum absolute atomic E-state index is 5.86. The van der Waals surface area contributed by atoms with E-state index in [4.69, 9.17) is 14.5 Å². The van der Waals surface area contributed by atoms with Crippen LogP contribution in [0.15, 0.2) is 104 Å². The summed E-state index contributed by atoms with van der Waals surface area (Å²) in [6.07, 6.45) is 6.01. The SMILES string of the molecule is c1ccc(-c2ncc(OCCOc3ccc(Cc4ncc[nH]4)cc3)nc2-c2ccccc2)cc1. The fourth-order valence-electron chi connectivity index (χ4n) is 3.64. The lowest BCUT2D eigenvalue weighted by atomic mass is 10.0. The van der Waals surface area contributed by atoms with Crippen LogP contribution in [0.4, 0.5) is 0 Å². The van der Waals surface area contributed by atoms with Gasteiger partial charge >= 0.3 is 0 Å². The summed E-state index contributed by atoms with van der Waals surface area (Å²) in [6, 6.07) is 28.1. The first-order chi connectivity index (χ1) is 16.8. The van der Waals surface area contributed by atoms with Crippen molar-refractivity contribution >= 4 is 0 Å². The molecule has 0 aliphatic rings. The molecule has 0 bridgehead atoms. The Morgan fingerprint density at radius 1 is 0.676 bits per heavy atom. The minimum absolute atomic E-state index is 0.363. The van der Waals surface area contributed by atoms with Gasteiger partial charge in [-0.15, -0.1) is 0 Å². The van der Waals surface area contributed by atoms with Crippen molar-refractivity contribution in [2.45, 2.75) is 6.42 Å². The average molecular weight is 449 g/mol. The Morgan fingerprint density at radius 3 is 2.03 bits per heavy atom. The number of rotatable bonds is 9. The number of nitrogens with one attached hydrogen (secondary N) is 1. The first-order valence-corrected chi connectivity index (χ1v) is 11.2. The van der Waals surface area contributed by atoms with E-state index in [0.717, 1.165) is 40.5 Å². The van der Waals surface area contributed by atoms with Crippen molar-refractivity contribution in [1.29, 1.82) is 0 Å². The van der Waals surface area contributed by atoms with Crippen LogP contribution in [0.5, 0.6) is 11.6 Å². The topological polar surface area (TPSA) is 72.9 Å². The van der Waals surface area contributed by atoms with Gasteiger partial charge in [0.05, 0.1) is 11.9 Å². The molecular weight excluding hydrogens is 424 g/mol. The summed E-state index contributed by atoms with van der Waals surface area (Å²) in [5.74, 6) is 2.20. The van der Waals surface area contributed by atoms with Gasteiger partial charge in [-0.3, -0.25) is 0 Å². The molecule has 0 atom stereocenters. The Labute approximate surface area is 198 Å². The summed E-state index contributed by atoms with van der Waals surface area (Å²) in [7, 11) is 0. The fourth-order valence-corrected chi connectivity index (χ4v) is 3.64. The van der Waals surface area contributed by atoms with Gasteiger partial charge in [0.15, 0.2) is 0 Å². The predicted molar refractivity (Wildman–Crippen MR) is 132 cm³/mol. The smallest absolute Gasteiger partial charge is 0.233 e. The number of imidazole rings is 1. The van der Waals surface area contributed by atoms with Gasteiger partial charge in [0, 0.05) is 29.9 Å². The number of aromatic amines is 1. The van der Waals surface area contributed by atoms with E-state index in [0.29, 0.717) is 19.1 Å². The van der Waals surface area contributed by atoms with Crippen LogP contribution in [-0.4, -0.2) is 33.1 Å². The highest BCUT2D eigenvalue weighted by Crippen LogP contribution is 2.30. The lowest BCUT2D eigenvalue weighted by Gasteiger charge is -2.12. The van der Waals surface area contributed by atoms with Crippen LogP contribution < -0.4 is 9.47 Å². The lowest BCUT2D eigenvalue weighted by Crippen LogP contribution is -2.10. The molecule has 34 heavy (non-hydrogen) atoms. The number of H-pyrrole nitrogens is 1. The standard InChI is InChI=1S/C28H24N4O2/c1-3-7-22(8-4-1)27-28(23-9-5-2-6-10-23)32-26(20-31-27)34-18-17-33-24-13-11-21(12-14-24)19-25-29-15-16-30-25/h1-16,20H,17-19H2,(H,29,30). The molecule has 1 N–H and O–H groups in total. The number of ether oxygens (including phenoxy) is 2. The summed E-state index contributed by atoms with van der Waals surface area (Å²) >= 11 is 0. The Bertz CT molecular complexity index is 1310. The maximum atomic E-state index is 5.86. The third-order valence-electron chi connectivity index (χ3n) is 5.30. The van der Waals surface area contributed by atoms with Gasteiger partial charge in [0.1, 0.15) is 30.5 Å². The zero-order chi connectivity index (χ0) is 23.0. The zero-order valence-electron chi connectivity index (χ0n) is 18.6. The number of nitrogens with zero attached hydrogens (tertiary/aromatic N) is 3. The van der Waals surface area contributed by atoms with Gasteiger partial charge in [-0.2, -0.15) is 0 Å². The molecule has 0 spiro atoms. The molecule has 0 radical (unpaired) electrons. The van der Waals surface area contributed by atoms with E-state index in [1.54, 1.807) is 12.4 Å². The Morgan fingerprint density at radius 2 is 1.35 bits per heavy atom. The minimum Gasteiger partial charge on any atom is -0.490 e. The van der Waals surface area contributed by atoms with Crippen LogP contribution in [0.25, 0.3) is 22.5 Å². The summed E-state index contributed by atoms with van der Waals surface area (Å²) < 4.78 is 11.7. The second kappa shape index (κ2) is 10.4. The van der Waals surface area contributed by atoms with Crippen LogP contribution in [0.3, 0.4) is 0 Å². The van der Waals surface area contributed by atoms with E-state index in [1.807, 2.05) is 91.1 Å². The van der Waals surface area contributed by atoms with E-state index in [-0.39, 0.29) is 0 Å². The number of hydrogen-bond donors (Lipinski definition) is 1. The van der Waals surface area contributed by atoms with Gasteiger partial charge < -0.3 is 14.5 Å². The Hall–Kier alpha value is -4.45. The van der Waals surface area contributed by atoms with Crippen molar-refractivity contribution in [3.8, 4) is 34.1 Å². The third kappa shape index (κ3) is 5.30. The van der Waals surface area contributed by atoms with Gasteiger partial charge in [0.2, 0.25) is 5.88 Å². The van der Waals surface area contributed by atoms with Gasteiger partial charge in [-0.1, -0.05) is 72.8 Å².